The van der Waals surface area contributed by atoms with Crippen molar-refractivity contribution in [3.05, 3.63) is 65.1 Å². The smallest absolute Gasteiger partial charge is 0.325 e. The van der Waals surface area contributed by atoms with Crippen molar-refractivity contribution in [1.82, 2.24) is 20.7 Å². The molecule has 162 valence electrons. The van der Waals surface area contributed by atoms with Gasteiger partial charge in [-0.3, -0.25) is 19.9 Å². The third-order valence-electron chi connectivity index (χ3n) is 5.85. The van der Waals surface area contributed by atoms with Crippen LogP contribution in [0.3, 0.4) is 0 Å². The summed E-state index contributed by atoms with van der Waals surface area (Å²) in [7, 11) is 0. The lowest BCUT2D eigenvalue weighted by atomic mass is 9.93. The average molecular weight is 443 g/mol. The predicted molar refractivity (Wildman–Crippen MR) is 114 cm³/mol. The summed E-state index contributed by atoms with van der Waals surface area (Å²) in [5.74, 6) is -0.262. The van der Waals surface area contributed by atoms with Crippen LogP contribution >= 0.6 is 11.6 Å². The number of imide groups is 1. The van der Waals surface area contributed by atoms with Crippen molar-refractivity contribution >= 4 is 35.1 Å². The number of hydrazine groups is 1. The lowest BCUT2D eigenvalue weighted by Gasteiger charge is -2.26. The summed E-state index contributed by atoms with van der Waals surface area (Å²) in [6, 6.07) is 9.60. The minimum Gasteiger partial charge on any atom is -0.467 e. The zero-order chi connectivity index (χ0) is 22.2. The Morgan fingerprint density at radius 1 is 1.16 bits per heavy atom. The Bertz CT molecular complexity index is 1030. The minimum atomic E-state index is -0.955. The summed E-state index contributed by atoms with van der Waals surface area (Å²) in [6.07, 6.45) is 4.30. The summed E-state index contributed by atoms with van der Waals surface area (Å²) in [4.78, 5) is 39.5. The molecule has 31 heavy (non-hydrogen) atoms. The van der Waals surface area contributed by atoms with Gasteiger partial charge in [0.05, 0.1) is 12.0 Å². The van der Waals surface area contributed by atoms with Gasteiger partial charge in [-0.1, -0.05) is 37.6 Å². The highest BCUT2D eigenvalue weighted by Gasteiger charge is 2.50. The van der Waals surface area contributed by atoms with Gasteiger partial charge in [0.2, 0.25) is 0 Å². The molecule has 2 N–H and O–H groups in total. The van der Waals surface area contributed by atoms with E-state index in [1.54, 1.807) is 24.3 Å². The Labute approximate surface area is 184 Å². The molecule has 1 saturated heterocycles. The molecule has 4 amide bonds. The first-order valence-electron chi connectivity index (χ1n) is 10.1. The fourth-order valence-corrected chi connectivity index (χ4v) is 4.03. The van der Waals surface area contributed by atoms with Crippen molar-refractivity contribution in [3.63, 3.8) is 0 Å². The number of amides is 4. The molecule has 3 heterocycles. The molecule has 9 heteroatoms. The third kappa shape index (κ3) is 3.67. The maximum absolute atomic E-state index is 13.2. The number of benzene rings is 1. The normalized spacial score (nSPS) is 20.0. The van der Waals surface area contributed by atoms with Crippen LogP contribution in [0, 0.1) is 0 Å². The number of carbonyl (C=O) groups is 3. The fourth-order valence-electron chi connectivity index (χ4n) is 3.91. The highest BCUT2D eigenvalue weighted by atomic mass is 35.5. The monoisotopic (exact) mass is 442 g/mol. The van der Waals surface area contributed by atoms with E-state index >= 15 is 0 Å². The SMILES string of the molecule is CCC1(CC)NC(=O)N(CC(=O)N2NC(c3ccc(Cl)cc3)=C[C@@H]2c2ccco2)C1=O. The highest BCUT2D eigenvalue weighted by molar-refractivity contribution is 6.30. The Morgan fingerprint density at radius 2 is 1.87 bits per heavy atom. The number of halogens is 1. The molecule has 8 nitrogen and oxygen atoms in total. The molecule has 1 atom stereocenters. The third-order valence-corrected chi connectivity index (χ3v) is 6.10. The summed E-state index contributed by atoms with van der Waals surface area (Å²) in [6.45, 7) is 3.30. The molecular weight excluding hydrogens is 420 g/mol. The van der Waals surface area contributed by atoms with E-state index in [1.807, 2.05) is 32.1 Å². The predicted octanol–water partition coefficient (Wildman–Crippen LogP) is 3.47. The number of urea groups is 1. The number of nitrogens with one attached hydrogen (secondary N) is 2. The van der Waals surface area contributed by atoms with Gasteiger partial charge >= 0.3 is 6.03 Å². The van der Waals surface area contributed by atoms with Gasteiger partial charge in [0.1, 0.15) is 23.9 Å². The van der Waals surface area contributed by atoms with Gasteiger partial charge in [0.15, 0.2) is 0 Å². The Morgan fingerprint density at radius 3 is 2.45 bits per heavy atom. The zero-order valence-corrected chi connectivity index (χ0v) is 18.0. The highest BCUT2D eigenvalue weighted by Crippen LogP contribution is 2.32. The van der Waals surface area contributed by atoms with Crippen LogP contribution in [0.4, 0.5) is 4.79 Å². The largest absolute Gasteiger partial charge is 0.467 e. The van der Waals surface area contributed by atoms with E-state index in [2.05, 4.69) is 10.7 Å². The van der Waals surface area contributed by atoms with E-state index in [4.69, 9.17) is 16.0 Å². The van der Waals surface area contributed by atoms with Crippen LogP contribution in [-0.2, 0) is 9.59 Å². The molecule has 1 fully saturated rings. The van der Waals surface area contributed by atoms with E-state index in [-0.39, 0.29) is 12.5 Å². The second-order valence-electron chi connectivity index (χ2n) is 7.53. The van der Waals surface area contributed by atoms with Crippen LogP contribution < -0.4 is 10.7 Å². The first-order valence-corrected chi connectivity index (χ1v) is 10.5. The molecule has 0 saturated carbocycles. The maximum atomic E-state index is 13.2. The van der Waals surface area contributed by atoms with Crippen molar-refractivity contribution < 1.29 is 18.8 Å². The first kappa shape index (κ1) is 21.0. The van der Waals surface area contributed by atoms with Gasteiger partial charge in [0, 0.05) is 5.02 Å². The van der Waals surface area contributed by atoms with Gasteiger partial charge in [0.25, 0.3) is 11.8 Å². The van der Waals surface area contributed by atoms with Crippen LogP contribution in [0.2, 0.25) is 5.02 Å². The van der Waals surface area contributed by atoms with E-state index in [0.29, 0.717) is 29.3 Å². The molecule has 0 radical (unpaired) electrons. The molecule has 2 aliphatic heterocycles. The number of hydrogen-bond acceptors (Lipinski definition) is 5. The van der Waals surface area contributed by atoms with Gasteiger partial charge in [-0.05, 0) is 48.7 Å². The van der Waals surface area contributed by atoms with Crippen molar-refractivity contribution in [1.29, 1.82) is 0 Å². The van der Waals surface area contributed by atoms with Crippen molar-refractivity contribution in [2.75, 3.05) is 6.54 Å². The number of carbonyl (C=O) groups excluding carboxylic acids is 3. The number of rotatable bonds is 6. The van der Waals surface area contributed by atoms with E-state index in [0.717, 1.165) is 10.5 Å². The second-order valence-corrected chi connectivity index (χ2v) is 7.97. The van der Waals surface area contributed by atoms with E-state index in [9.17, 15) is 14.4 Å². The second kappa shape index (κ2) is 8.11. The van der Waals surface area contributed by atoms with Gasteiger partial charge in [-0.15, -0.1) is 0 Å². The summed E-state index contributed by atoms with van der Waals surface area (Å²) in [5.41, 5.74) is 3.66. The van der Waals surface area contributed by atoms with Crippen molar-refractivity contribution in [2.45, 2.75) is 38.3 Å². The Kier molecular flexibility index (Phi) is 5.49. The molecule has 0 spiro atoms. The number of nitrogens with zero attached hydrogens (tertiary/aromatic N) is 2. The molecule has 0 bridgehead atoms. The number of furan rings is 1. The zero-order valence-electron chi connectivity index (χ0n) is 17.2. The molecule has 0 aliphatic carbocycles. The van der Waals surface area contributed by atoms with E-state index in [1.165, 1.54) is 11.3 Å². The summed E-state index contributed by atoms with van der Waals surface area (Å²) < 4.78 is 5.52. The van der Waals surface area contributed by atoms with Crippen LogP contribution in [0.25, 0.3) is 5.70 Å². The molecule has 1 aromatic heterocycles. The fraction of sp³-hybridized carbons (Fsp3) is 0.318. The topological polar surface area (TPSA) is 94.9 Å². The summed E-state index contributed by atoms with van der Waals surface area (Å²) in [5, 5.41) is 4.72. The van der Waals surface area contributed by atoms with Crippen molar-refractivity contribution in [3.8, 4) is 0 Å². The molecule has 0 unspecified atom stereocenters. The maximum Gasteiger partial charge on any atom is 0.325 e. The Balaban J connectivity index is 1.58. The van der Waals surface area contributed by atoms with Crippen LogP contribution in [0.5, 0.6) is 0 Å². The quantitative estimate of drug-likeness (QED) is 0.668. The summed E-state index contributed by atoms with van der Waals surface area (Å²) >= 11 is 5.98. The standard InChI is InChI=1S/C22H23ClN4O4/c1-3-22(4-2)20(29)26(21(30)24-22)13-19(28)27-17(18-6-5-11-31-18)12-16(25-27)14-7-9-15(23)10-8-14/h5-12,17,25H,3-4,13H2,1-2H3,(H,24,30)/t17-/m1/s1. The lowest BCUT2D eigenvalue weighted by Crippen LogP contribution is -2.48. The van der Waals surface area contributed by atoms with E-state index < -0.39 is 23.5 Å². The minimum absolute atomic E-state index is 0.377. The Hall–Kier alpha value is -3.26. The lowest BCUT2D eigenvalue weighted by molar-refractivity contribution is -0.141. The van der Waals surface area contributed by atoms with Gasteiger partial charge in [-0.25, -0.2) is 9.80 Å². The van der Waals surface area contributed by atoms with Gasteiger partial charge in [-0.2, -0.15) is 0 Å². The molecular formula is C22H23ClN4O4. The van der Waals surface area contributed by atoms with Crippen LogP contribution in [0.15, 0.2) is 53.2 Å². The molecule has 1 aromatic carbocycles. The molecule has 2 aliphatic rings. The number of hydrogen-bond donors (Lipinski definition) is 2. The molecule has 4 rings (SSSR count). The van der Waals surface area contributed by atoms with Gasteiger partial charge < -0.3 is 9.73 Å². The average Bonchev–Trinajstić information content (AvgIpc) is 3.49. The molecule has 2 aromatic rings. The van der Waals surface area contributed by atoms with Crippen LogP contribution in [0.1, 0.15) is 44.1 Å². The van der Waals surface area contributed by atoms with Crippen LogP contribution in [-0.4, -0.2) is 39.8 Å². The van der Waals surface area contributed by atoms with Crippen molar-refractivity contribution in [2.24, 2.45) is 0 Å². The first-order chi connectivity index (χ1) is 14.9.